The highest BCUT2D eigenvalue weighted by Crippen LogP contribution is 2.44. The number of hydrogen-bond donors (Lipinski definition) is 3. The minimum Gasteiger partial charge on any atom is -0.396 e. The number of rotatable bonds is 9. The predicted molar refractivity (Wildman–Crippen MR) is 107 cm³/mol. The number of nitrogens with zero attached hydrogens (tertiary/aromatic N) is 1. The van der Waals surface area contributed by atoms with Gasteiger partial charge in [0, 0.05) is 32.2 Å². The van der Waals surface area contributed by atoms with E-state index in [9.17, 15) is 19.5 Å². The second-order valence-corrected chi connectivity index (χ2v) is 7.95. The molecule has 0 radical (unpaired) electrons. The molecular weight excluding hydrogens is 358 g/mol. The molecule has 1 unspecified atom stereocenters. The number of allylic oxidation sites excluding steroid dienone is 1. The molecule has 158 valence electrons. The van der Waals surface area contributed by atoms with Crippen LogP contribution in [0.4, 0.5) is 0 Å². The second-order valence-electron chi connectivity index (χ2n) is 7.95. The van der Waals surface area contributed by atoms with E-state index in [0.717, 1.165) is 19.3 Å². The molecule has 7 heteroatoms. The van der Waals surface area contributed by atoms with Crippen molar-refractivity contribution < 1.29 is 19.5 Å². The Kier molecular flexibility index (Phi) is 8.04. The summed E-state index contributed by atoms with van der Waals surface area (Å²) >= 11 is 0. The maximum Gasteiger partial charge on any atom is 0.243 e. The number of nitrogens with one attached hydrogen (secondary N) is 2. The van der Waals surface area contributed by atoms with Crippen LogP contribution in [0.2, 0.25) is 0 Å². The molecule has 1 saturated heterocycles. The molecule has 3 N–H and O–H groups in total. The molecule has 1 aliphatic heterocycles. The Bertz CT molecular complexity index is 606. The van der Waals surface area contributed by atoms with Gasteiger partial charge in [0.15, 0.2) is 0 Å². The summed E-state index contributed by atoms with van der Waals surface area (Å²) in [5.41, 5.74) is 0. The molecule has 1 aliphatic carbocycles. The van der Waals surface area contributed by atoms with Crippen molar-refractivity contribution in [2.24, 2.45) is 23.7 Å². The fourth-order valence-electron chi connectivity index (χ4n) is 4.73. The summed E-state index contributed by atoms with van der Waals surface area (Å²) in [6.07, 6.45) is 6.95. The van der Waals surface area contributed by atoms with E-state index in [1.807, 2.05) is 26.0 Å². The van der Waals surface area contributed by atoms with Crippen molar-refractivity contribution in [2.45, 2.75) is 58.5 Å². The van der Waals surface area contributed by atoms with Gasteiger partial charge in [-0.25, -0.2) is 0 Å². The van der Waals surface area contributed by atoms with Crippen LogP contribution in [0.25, 0.3) is 0 Å². The summed E-state index contributed by atoms with van der Waals surface area (Å²) in [7, 11) is 1.59. The molecular formula is C21H35N3O4. The number of likely N-dealkylation sites (tertiary alicyclic amines) is 1. The highest BCUT2D eigenvalue weighted by molar-refractivity contribution is 5.96. The molecule has 1 heterocycles. The van der Waals surface area contributed by atoms with Crippen molar-refractivity contribution in [3.8, 4) is 0 Å². The van der Waals surface area contributed by atoms with E-state index in [1.54, 1.807) is 11.9 Å². The van der Waals surface area contributed by atoms with Gasteiger partial charge in [0.2, 0.25) is 17.7 Å². The molecule has 1 fully saturated rings. The van der Waals surface area contributed by atoms with Crippen molar-refractivity contribution in [3.63, 3.8) is 0 Å². The zero-order valence-electron chi connectivity index (χ0n) is 17.5. The largest absolute Gasteiger partial charge is 0.396 e. The molecule has 3 amide bonds. The van der Waals surface area contributed by atoms with Gasteiger partial charge in [-0.2, -0.15) is 0 Å². The third-order valence-electron chi connectivity index (χ3n) is 6.07. The second kappa shape index (κ2) is 10.0. The van der Waals surface area contributed by atoms with Crippen LogP contribution in [0, 0.1) is 23.7 Å². The van der Waals surface area contributed by atoms with E-state index < -0.39 is 17.9 Å². The highest BCUT2D eigenvalue weighted by Gasteiger charge is 2.56. The number of fused-ring (bicyclic) bond motifs is 1. The number of aliphatic hydroxyl groups excluding tert-OH is 1. The van der Waals surface area contributed by atoms with Gasteiger partial charge >= 0.3 is 0 Å². The third-order valence-corrected chi connectivity index (χ3v) is 6.07. The van der Waals surface area contributed by atoms with Gasteiger partial charge in [-0.05, 0) is 32.1 Å². The number of carbonyl (C=O) groups is 3. The minimum absolute atomic E-state index is 0.0225. The van der Waals surface area contributed by atoms with Gasteiger partial charge in [-0.15, -0.1) is 0 Å². The summed E-state index contributed by atoms with van der Waals surface area (Å²) in [6, 6.07) is -0.610. The maximum absolute atomic E-state index is 13.3. The van der Waals surface area contributed by atoms with E-state index in [-0.39, 0.29) is 42.2 Å². The van der Waals surface area contributed by atoms with Crippen molar-refractivity contribution in [1.29, 1.82) is 0 Å². The lowest BCUT2D eigenvalue weighted by Gasteiger charge is -2.34. The lowest BCUT2D eigenvalue weighted by Crippen LogP contribution is -2.50. The first-order valence-corrected chi connectivity index (χ1v) is 10.5. The van der Waals surface area contributed by atoms with E-state index >= 15 is 0 Å². The van der Waals surface area contributed by atoms with E-state index in [0.29, 0.717) is 13.0 Å². The van der Waals surface area contributed by atoms with Crippen molar-refractivity contribution >= 4 is 17.7 Å². The van der Waals surface area contributed by atoms with Crippen LogP contribution < -0.4 is 10.6 Å². The number of hydrogen-bond acceptors (Lipinski definition) is 4. The zero-order valence-corrected chi connectivity index (χ0v) is 17.5. The summed E-state index contributed by atoms with van der Waals surface area (Å²) in [4.78, 5) is 40.6. The topological polar surface area (TPSA) is 98.7 Å². The van der Waals surface area contributed by atoms with E-state index in [2.05, 4.69) is 17.6 Å². The Morgan fingerprint density at radius 1 is 1.25 bits per heavy atom. The van der Waals surface area contributed by atoms with Crippen LogP contribution in [-0.2, 0) is 14.4 Å². The van der Waals surface area contributed by atoms with E-state index in [4.69, 9.17) is 0 Å². The van der Waals surface area contributed by atoms with Crippen LogP contribution in [0.5, 0.6) is 0 Å². The maximum atomic E-state index is 13.3. The van der Waals surface area contributed by atoms with Gasteiger partial charge in [-0.1, -0.05) is 32.4 Å². The fourth-order valence-corrected chi connectivity index (χ4v) is 4.73. The highest BCUT2D eigenvalue weighted by atomic mass is 16.3. The monoisotopic (exact) mass is 393 g/mol. The smallest absolute Gasteiger partial charge is 0.243 e. The molecule has 0 aromatic heterocycles. The quantitative estimate of drug-likeness (QED) is 0.511. The molecule has 7 nitrogen and oxygen atoms in total. The average molecular weight is 394 g/mol. The number of amides is 3. The average Bonchev–Trinajstić information content (AvgIpc) is 2.96. The van der Waals surface area contributed by atoms with Gasteiger partial charge in [-0.3, -0.25) is 14.4 Å². The Labute approximate surface area is 167 Å². The molecule has 28 heavy (non-hydrogen) atoms. The Hall–Kier alpha value is -1.89. The van der Waals surface area contributed by atoms with Crippen molar-refractivity contribution in [2.75, 3.05) is 20.2 Å². The van der Waals surface area contributed by atoms with E-state index in [1.165, 1.54) is 0 Å². The first-order chi connectivity index (χ1) is 13.4. The first-order valence-electron chi connectivity index (χ1n) is 10.5. The fraction of sp³-hybridized carbons (Fsp3) is 0.762. The molecule has 0 bridgehead atoms. The summed E-state index contributed by atoms with van der Waals surface area (Å²) in [5, 5.41) is 15.0. The van der Waals surface area contributed by atoms with Crippen LogP contribution >= 0.6 is 0 Å². The van der Waals surface area contributed by atoms with Gasteiger partial charge in [0.05, 0.1) is 11.8 Å². The standard InChI is InChI=1S/C21H35N3O4/c1-5-8-13(3)23-20(27)18-15-10-9-14(6-2)16(19(26)22-4)17(15)21(28)24(18)11-7-12-25/h9-10,13-18,25H,5-8,11-12H2,1-4H3,(H,22,26)(H,23,27)/t13?,14-,15+,16-,17+,18+/m1/s1. The minimum atomic E-state index is -0.635. The summed E-state index contributed by atoms with van der Waals surface area (Å²) in [5.74, 6) is -1.84. The molecule has 6 atom stereocenters. The van der Waals surface area contributed by atoms with Crippen LogP contribution in [0.3, 0.4) is 0 Å². The van der Waals surface area contributed by atoms with Crippen LogP contribution in [0.1, 0.15) is 46.5 Å². The summed E-state index contributed by atoms with van der Waals surface area (Å²) < 4.78 is 0. The lowest BCUT2D eigenvalue weighted by atomic mass is 9.69. The first kappa shape index (κ1) is 22.4. The SMILES string of the molecule is CCCC(C)NC(=O)[C@@H]1[C@H]2C=C[C@@H](CC)[C@@H](C(=O)NC)[C@H]2C(=O)N1CCCO. The normalized spacial score (nSPS) is 30.1. The van der Waals surface area contributed by atoms with Gasteiger partial charge in [0.1, 0.15) is 6.04 Å². The zero-order chi connectivity index (χ0) is 20.8. The summed E-state index contributed by atoms with van der Waals surface area (Å²) in [6.45, 7) is 6.30. The Morgan fingerprint density at radius 2 is 1.96 bits per heavy atom. The Balaban J connectivity index is 2.37. The molecule has 0 aromatic rings. The number of carbonyl (C=O) groups excluding carboxylic acids is 3. The number of aliphatic hydroxyl groups is 1. The van der Waals surface area contributed by atoms with Crippen molar-refractivity contribution in [3.05, 3.63) is 12.2 Å². The third kappa shape index (κ3) is 4.40. The Morgan fingerprint density at radius 3 is 2.54 bits per heavy atom. The van der Waals surface area contributed by atoms with Crippen LogP contribution in [0.15, 0.2) is 12.2 Å². The van der Waals surface area contributed by atoms with Crippen LogP contribution in [-0.4, -0.2) is 60.0 Å². The van der Waals surface area contributed by atoms with Crippen molar-refractivity contribution in [1.82, 2.24) is 15.5 Å². The molecule has 2 aliphatic rings. The predicted octanol–water partition coefficient (Wildman–Crippen LogP) is 1.08. The molecule has 0 saturated carbocycles. The molecule has 0 spiro atoms. The lowest BCUT2D eigenvalue weighted by molar-refractivity contribution is -0.141. The molecule has 0 aromatic carbocycles. The van der Waals surface area contributed by atoms with Gasteiger partial charge in [0.25, 0.3) is 0 Å². The van der Waals surface area contributed by atoms with Gasteiger partial charge < -0.3 is 20.6 Å². The molecule has 2 rings (SSSR count).